The van der Waals surface area contributed by atoms with Crippen LogP contribution in [0.25, 0.3) is 11.5 Å². The SMILES string of the molecule is Cc1cc(-c2nccn2C)nc([C@H]2CCN(C(=O)c3ccn(C)n3)C2)n1. The van der Waals surface area contributed by atoms with Gasteiger partial charge in [-0.25, -0.2) is 15.0 Å². The zero-order valence-electron chi connectivity index (χ0n) is 15.1. The number of nitrogens with zero attached hydrogens (tertiary/aromatic N) is 7. The first kappa shape index (κ1) is 16.4. The highest BCUT2D eigenvalue weighted by Gasteiger charge is 2.31. The minimum absolute atomic E-state index is 0.0370. The molecule has 0 radical (unpaired) electrons. The summed E-state index contributed by atoms with van der Waals surface area (Å²) in [5, 5.41) is 4.21. The van der Waals surface area contributed by atoms with Crippen molar-refractivity contribution in [2.45, 2.75) is 19.3 Å². The summed E-state index contributed by atoms with van der Waals surface area (Å²) in [5.41, 5.74) is 2.20. The fraction of sp³-hybridized carbons (Fsp3) is 0.389. The lowest BCUT2D eigenvalue weighted by Crippen LogP contribution is -2.29. The van der Waals surface area contributed by atoms with E-state index in [2.05, 4.69) is 15.1 Å². The highest BCUT2D eigenvalue weighted by atomic mass is 16.2. The van der Waals surface area contributed by atoms with E-state index >= 15 is 0 Å². The number of hydrogen-bond acceptors (Lipinski definition) is 5. The van der Waals surface area contributed by atoms with Crippen molar-refractivity contribution in [2.75, 3.05) is 13.1 Å². The van der Waals surface area contributed by atoms with Crippen LogP contribution in [0.3, 0.4) is 0 Å². The minimum atomic E-state index is -0.0370. The number of aryl methyl sites for hydroxylation is 3. The molecule has 3 aromatic rings. The van der Waals surface area contributed by atoms with Gasteiger partial charge in [-0.05, 0) is 25.5 Å². The second-order valence-electron chi connectivity index (χ2n) is 6.73. The van der Waals surface area contributed by atoms with E-state index in [1.54, 1.807) is 23.1 Å². The molecular weight excluding hydrogens is 330 g/mol. The van der Waals surface area contributed by atoms with E-state index in [1.165, 1.54) is 0 Å². The van der Waals surface area contributed by atoms with Gasteiger partial charge in [0, 0.05) is 57.4 Å². The van der Waals surface area contributed by atoms with Gasteiger partial charge in [-0.1, -0.05) is 0 Å². The maximum Gasteiger partial charge on any atom is 0.274 e. The van der Waals surface area contributed by atoms with Gasteiger partial charge in [0.2, 0.25) is 0 Å². The summed E-state index contributed by atoms with van der Waals surface area (Å²) in [6, 6.07) is 3.69. The Balaban J connectivity index is 1.56. The molecule has 0 spiro atoms. The summed E-state index contributed by atoms with van der Waals surface area (Å²) in [7, 11) is 3.76. The molecule has 4 heterocycles. The Morgan fingerprint density at radius 3 is 2.77 bits per heavy atom. The minimum Gasteiger partial charge on any atom is -0.336 e. The maximum absolute atomic E-state index is 12.6. The Bertz CT molecular complexity index is 958. The van der Waals surface area contributed by atoms with E-state index in [4.69, 9.17) is 4.98 Å². The smallest absolute Gasteiger partial charge is 0.274 e. The molecule has 8 heteroatoms. The molecule has 0 aromatic carbocycles. The molecule has 1 saturated heterocycles. The number of hydrogen-bond donors (Lipinski definition) is 0. The van der Waals surface area contributed by atoms with Gasteiger partial charge in [0.15, 0.2) is 5.82 Å². The average molecular weight is 351 g/mol. The second-order valence-corrected chi connectivity index (χ2v) is 6.73. The summed E-state index contributed by atoms with van der Waals surface area (Å²) < 4.78 is 3.58. The lowest BCUT2D eigenvalue weighted by atomic mass is 10.1. The van der Waals surface area contributed by atoms with Crippen LogP contribution in [0.15, 0.2) is 30.7 Å². The molecule has 1 aliphatic heterocycles. The number of amides is 1. The molecule has 1 atom stereocenters. The molecule has 134 valence electrons. The van der Waals surface area contributed by atoms with Crippen LogP contribution in [0.4, 0.5) is 0 Å². The molecule has 0 saturated carbocycles. The number of carbonyl (C=O) groups excluding carboxylic acids is 1. The van der Waals surface area contributed by atoms with E-state index in [0.29, 0.717) is 18.8 Å². The van der Waals surface area contributed by atoms with Crippen molar-refractivity contribution in [3.8, 4) is 11.5 Å². The number of rotatable bonds is 3. The molecule has 1 aliphatic rings. The maximum atomic E-state index is 12.6. The van der Waals surface area contributed by atoms with Crippen LogP contribution in [0, 0.1) is 6.92 Å². The standard InChI is InChI=1S/C18H21N7O/c1-12-10-15(17-19-6-9-23(17)2)21-16(20-12)13-4-8-25(11-13)18(26)14-5-7-24(3)22-14/h5-7,9-10,13H,4,8,11H2,1-3H3/t13-/m0/s1. The third-order valence-corrected chi connectivity index (χ3v) is 4.70. The Labute approximate surface area is 151 Å². The highest BCUT2D eigenvalue weighted by Crippen LogP contribution is 2.27. The normalized spacial score (nSPS) is 17.0. The van der Waals surface area contributed by atoms with Crippen molar-refractivity contribution < 1.29 is 4.79 Å². The first-order chi connectivity index (χ1) is 12.5. The molecule has 0 N–H and O–H groups in total. The zero-order chi connectivity index (χ0) is 18.3. The van der Waals surface area contributed by atoms with Gasteiger partial charge in [0.25, 0.3) is 5.91 Å². The summed E-state index contributed by atoms with van der Waals surface area (Å²) in [4.78, 5) is 28.2. The molecule has 0 aliphatic carbocycles. The Morgan fingerprint density at radius 2 is 2.08 bits per heavy atom. The largest absolute Gasteiger partial charge is 0.336 e. The van der Waals surface area contributed by atoms with Gasteiger partial charge >= 0.3 is 0 Å². The third kappa shape index (κ3) is 2.98. The van der Waals surface area contributed by atoms with Crippen LogP contribution in [0.2, 0.25) is 0 Å². The van der Waals surface area contributed by atoms with E-state index in [9.17, 15) is 4.79 Å². The quantitative estimate of drug-likeness (QED) is 0.715. The van der Waals surface area contributed by atoms with Crippen molar-refractivity contribution in [3.63, 3.8) is 0 Å². The molecular formula is C18H21N7O. The van der Waals surface area contributed by atoms with Crippen molar-refractivity contribution in [1.29, 1.82) is 0 Å². The van der Waals surface area contributed by atoms with Crippen LogP contribution in [0.1, 0.15) is 34.3 Å². The van der Waals surface area contributed by atoms with Crippen LogP contribution in [0.5, 0.6) is 0 Å². The molecule has 1 amide bonds. The van der Waals surface area contributed by atoms with Gasteiger partial charge in [0.05, 0.1) is 0 Å². The topological polar surface area (TPSA) is 81.7 Å². The molecule has 3 aromatic heterocycles. The molecule has 26 heavy (non-hydrogen) atoms. The Morgan fingerprint density at radius 1 is 1.23 bits per heavy atom. The van der Waals surface area contributed by atoms with Gasteiger partial charge in [-0.3, -0.25) is 9.48 Å². The van der Waals surface area contributed by atoms with Crippen molar-refractivity contribution in [2.24, 2.45) is 14.1 Å². The van der Waals surface area contributed by atoms with E-state index in [0.717, 1.165) is 29.5 Å². The van der Waals surface area contributed by atoms with E-state index < -0.39 is 0 Å². The predicted octanol–water partition coefficient (Wildman–Crippen LogP) is 1.55. The lowest BCUT2D eigenvalue weighted by Gasteiger charge is -2.15. The first-order valence-electron chi connectivity index (χ1n) is 8.63. The van der Waals surface area contributed by atoms with Crippen LogP contribution in [-0.4, -0.2) is 53.2 Å². The number of carbonyl (C=O) groups is 1. The second kappa shape index (κ2) is 6.36. The highest BCUT2D eigenvalue weighted by molar-refractivity contribution is 5.92. The summed E-state index contributed by atoms with van der Waals surface area (Å²) in [5.74, 6) is 1.68. The lowest BCUT2D eigenvalue weighted by molar-refractivity contribution is 0.0784. The van der Waals surface area contributed by atoms with Crippen LogP contribution >= 0.6 is 0 Å². The van der Waals surface area contributed by atoms with Crippen molar-refractivity contribution >= 4 is 5.91 Å². The zero-order valence-corrected chi connectivity index (χ0v) is 15.1. The van der Waals surface area contributed by atoms with Crippen molar-refractivity contribution in [3.05, 3.63) is 47.9 Å². The summed E-state index contributed by atoms with van der Waals surface area (Å²) >= 11 is 0. The molecule has 0 bridgehead atoms. The van der Waals surface area contributed by atoms with Gasteiger partial charge in [-0.15, -0.1) is 0 Å². The van der Waals surface area contributed by atoms with E-state index in [1.807, 2.05) is 42.7 Å². The van der Waals surface area contributed by atoms with E-state index in [-0.39, 0.29) is 11.8 Å². The third-order valence-electron chi connectivity index (χ3n) is 4.70. The molecule has 0 unspecified atom stereocenters. The van der Waals surface area contributed by atoms with Crippen LogP contribution < -0.4 is 0 Å². The van der Waals surface area contributed by atoms with Gasteiger partial charge in [-0.2, -0.15) is 5.10 Å². The average Bonchev–Trinajstić information content (AvgIpc) is 3.34. The number of imidazole rings is 1. The van der Waals surface area contributed by atoms with Gasteiger partial charge in [0.1, 0.15) is 17.2 Å². The Kier molecular flexibility index (Phi) is 4.02. The number of likely N-dealkylation sites (tertiary alicyclic amines) is 1. The number of aromatic nitrogens is 6. The molecule has 8 nitrogen and oxygen atoms in total. The fourth-order valence-electron chi connectivity index (χ4n) is 3.35. The first-order valence-corrected chi connectivity index (χ1v) is 8.63. The Hall–Kier alpha value is -3.03. The monoisotopic (exact) mass is 351 g/mol. The summed E-state index contributed by atoms with van der Waals surface area (Å²) in [6.45, 7) is 3.26. The van der Waals surface area contributed by atoms with Crippen LogP contribution in [-0.2, 0) is 14.1 Å². The summed E-state index contributed by atoms with van der Waals surface area (Å²) in [6.07, 6.45) is 6.29. The molecule has 4 rings (SSSR count). The van der Waals surface area contributed by atoms with Crippen molar-refractivity contribution in [1.82, 2.24) is 34.2 Å². The predicted molar refractivity (Wildman–Crippen MR) is 95.4 cm³/mol. The van der Waals surface area contributed by atoms with Gasteiger partial charge < -0.3 is 9.47 Å². The fourth-order valence-corrected chi connectivity index (χ4v) is 3.35. The molecule has 1 fully saturated rings.